The van der Waals surface area contributed by atoms with Crippen molar-refractivity contribution in [2.24, 2.45) is 0 Å². The molecule has 0 heterocycles. The van der Waals surface area contributed by atoms with Crippen LogP contribution in [0.15, 0.2) is 24.3 Å². The molecule has 1 nitrogen and oxygen atoms in total. The normalized spacial score (nSPS) is 10.2. The van der Waals surface area contributed by atoms with E-state index in [0.29, 0.717) is 11.0 Å². The molecule has 13 heavy (non-hydrogen) atoms. The van der Waals surface area contributed by atoms with Crippen LogP contribution in [0.2, 0.25) is 0 Å². The van der Waals surface area contributed by atoms with Crippen LogP contribution in [0.5, 0.6) is 0 Å². The van der Waals surface area contributed by atoms with Crippen molar-refractivity contribution in [3.05, 3.63) is 35.4 Å². The highest BCUT2D eigenvalue weighted by atomic mass is 32.1. The Morgan fingerprint density at radius 3 is 2.15 bits per heavy atom. The molecule has 0 N–H and O–H groups in total. The zero-order valence-electron chi connectivity index (χ0n) is 8.20. The molecular formula is C11H14OS. The molecule has 1 aromatic rings. The van der Waals surface area contributed by atoms with Crippen molar-refractivity contribution in [3.8, 4) is 0 Å². The van der Waals surface area contributed by atoms with E-state index >= 15 is 0 Å². The van der Waals surface area contributed by atoms with Gasteiger partial charge in [0.05, 0.1) is 7.11 Å². The molecule has 0 amide bonds. The fraction of sp³-hybridized carbons (Fsp3) is 0.364. The summed E-state index contributed by atoms with van der Waals surface area (Å²) in [6.07, 6.45) is 0. The Morgan fingerprint density at radius 2 is 1.77 bits per heavy atom. The molecule has 0 bridgehead atoms. The molecule has 0 atom stereocenters. The second-order valence-corrected chi connectivity index (χ2v) is 3.64. The summed E-state index contributed by atoms with van der Waals surface area (Å²) in [6, 6.07) is 8.18. The third-order valence-electron chi connectivity index (χ3n) is 2.00. The summed E-state index contributed by atoms with van der Waals surface area (Å²) < 4.78 is 4.97. The first kappa shape index (κ1) is 10.2. The van der Waals surface area contributed by atoms with E-state index in [1.807, 2.05) is 12.1 Å². The zero-order valence-corrected chi connectivity index (χ0v) is 9.02. The van der Waals surface area contributed by atoms with Crippen molar-refractivity contribution in [1.82, 2.24) is 0 Å². The van der Waals surface area contributed by atoms with Crippen molar-refractivity contribution < 1.29 is 4.74 Å². The molecule has 0 fully saturated rings. The molecule has 0 aromatic heterocycles. The van der Waals surface area contributed by atoms with Crippen LogP contribution in [0.1, 0.15) is 30.9 Å². The highest BCUT2D eigenvalue weighted by molar-refractivity contribution is 7.80. The van der Waals surface area contributed by atoms with Gasteiger partial charge in [-0.3, -0.25) is 0 Å². The summed E-state index contributed by atoms with van der Waals surface area (Å²) in [6.45, 7) is 4.34. The minimum atomic E-state index is 0.551. The van der Waals surface area contributed by atoms with Crippen LogP contribution in [-0.2, 0) is 4.74 Å². The van der Waals surface area contributed by atoms with Gasteiger partial charge in [-0.25, -0.2) is 0 Å². The molecule has 0 saturated carbocycles. The summed E-state index contributed by atoms with van der Waals surface area (Å²) in [5, 5.41) is 0.551. The maximum Gasteiger partial charge on any atom is 0.190 e. The molecule has 0 aliphatic rings. The molecule has 1 rings (SSSR count). The molecule has 2 heteroatoms. The van der Waals surface area contributed by atoms with Crippen molar-refractivity contribution >= 4 is 17.3 Å². The van der Waals surface area contributed by atoms with Crippen molar-refractivity contribution in [3.63, 3.8) is 0 Å². The average Bonchev–Trinajstić information content (AvgIpc) is 2.17. The zero-order chi connectivity index (χ0) is 9.84. The number of benzene rings is 1. The Labute approximate surface area is 84.7 Å². The Balaban J connectivity index is 2.87. The van der Waals surface area contributed by atoms with Crippen molar-refractivity contribution in [2.75, 3.05) is 7.11 Å². The molecule has 0 radical (unpaired) electrons. The second kappa shape index (κ2) is 4.38. The molecule has 70 valence electrons. The number of ether oxygens (including phenoxy) is 1. The van der Waals surface area contributed by atoms with Gasteiger partial charge in [-0.2, -0.15) is 0 Å². The Bertz CT molecular complexity index is 287. The van der Waals surface area contributed by atoms with E-state index in [1.165, 1.54) is 5.56 Å². The maximum absolute atomic E-state index is 5.01. The summed E-state index contributed by atoms with van der Waals surface area (Å²) in [4.78, 5) is 0. The van der Waals surface area contributed by atoms with Gasteiger partial charge in [0, 0.05) is 5.56 Å². The molecule has 0 unspecified atom stereocenters. The van der Waals surface area contributed by atoms with Crippen LogP contribution in [0, 0.1) is 0 Å². The Hall–Kier alpha value is -0.890. The van der Waals surface area contributed by atoms with Crippen LogP contribution in [0.4, 0.5) is 0 Å². The third kappa shape index (κ3) is 2.52. The summed E-state index contributed by atoms with van der Waals surface area (Å²) in [5.41, 5.74) is 2.30. The fourth-order valence-electron chi connectivity index (χ4n) is 1.12. The van der Waals surface area contributed by atoms with Crippen LogP contribution in [0.25, 0.3) is 0 Å². The molecule has 0 spiro atoms. The van der Waals surface area contributed by atoms with Gasteiger partial charge in [-0.05, 0) is 23.7 Å². The number of hydrogen-bond donors (Lipinski definition) is 0. The van der Waals surface area contributed by atoms with Crippen molar-refractivity contribution in [2.45, 2.75) is 19.8 Å². The number of rotatable bonds is 2. The minimum absolute atomic E-state index is 0.551. The largest absolute Gasteiger partial charge is 0.486 e. The first-order chi connectivity index (χ1) is 6.15. The van der Waals surface area contributed by atoms with Gasteiger partial charge in [0.15, 0.2) is 5.05 Å². The lowest BCUT2D eigenvalue weighted by Crippen LogP contribution is -1.99. The van der Waals surface area contributed by atoms with Gasteiger partial charge in [0.25, 0.3) is 0 Å². The van der Waals surface area contributed by atoms with Gasteiger partial charge >= 0.3 is 0 Å². The smallest absolute Gasteiger partial charge is 0.190 e. The van der Waals surface area contributed by atoms with Gasteiger partial charge in [-0.1, -0.05) is 38.1 Å². The number of methoxy groups -OCH3 is 1. The highest BCUT2D eigenvalue weighted by Gasteiger charge is 2.01. The molecule has 1 aromatic carbocycles. The Kier molecular flexibility index (Phi) is 3.43. The second-order valence-electron chi connectivity index (χ2n) is 3.27. The lowest BCUT2D eigenvalue weighted by Gasteiger charge is -2.06. The monoisotopic (exact) mass is 194 g/mol. The fourth-order valence-corrected chi connectivity index (χ4v) is 1.26. The summed E-state index contributed by atoms with van der Waals surface area (Å²) in [7, 11) is 1.60. The summed E-state index contributed by atoms with van der Waals surface area (Å²) >= 11 is 5.01. The predicted molar refractivity (Wildman–Crippen MR) is 59.2 cm³/mol. The van der Waals surface area contributed by atoms with Gasteiger partial charge in [0.2, 0.25) is 0 Å². The van der Waals surface area contributed by atoms with Crippen LogP contribution in [-0.4, -0.2) is 12.2 Å². The van der Waals surface area contributed by atoms with E-state index in [4.69, 9.17) is 17.0 Å². The third-order valence-corrected chi connectivity index (χ3v) is 2.40. The lowest BCUT2D eigenvalue weighted by molar-refractivity contribution is 0.416. The predicted octanol–water partition coefficient (Wildman–Crippen LogP) is 3.13. The number of hydrogen-bond acceptors (Lipinski definition) is 2. The lowest BCUT2D eigenvalue weighted by atomic mass is 10.0. The minimum Gasteiger partial charge on any atom is -0.486 e. The molecule has 0 aliphatic heterocycles. The standard InChI is InChI=1S/C11H14OS/c1-8(2)9-4-6-10(7-5-9)11(13)12-3/h4-8H,1-3H3. The quantitative estimate of drug-likeness (QED) is 0.669. The van der Waals surface area contributed by atoms with Crippen LogP contribution >= 0.6 is 12.2 Å². The number of thiocarbonyl (C=S) groups is 1. The van der Waals surface area contributed by atoms with E-state index in [-0.39, 0.29) is 0 Å². The van der Waals surface area contributed by atoms with Crippen LogP contribution in [0.3, 0.4) is 0 Å². The molecule has 0 saturated heterocycles. The Morgan fingerprint density at radius 1 is 1.23 bits per heavy atom. The van der Waals surface area contributed by atoms with E-state index in [0.717, 1.165) is 5.56 Å². The van der Waals surface area contributed by atoms with E-state index in [1.54, 1.807) is 7.11 Å². The van der Waals surface area contributed by atoms with Gasteiger partial charge in [-0.15, -0.1) is 0 Å². The van der Waals surface area contributed by atoms with Crippen LogP contribution < -0.4 is 0 Å². The maximum atomic E-state index is 5.01. The van der Waals surface area contributed by atoms with E-state index in [9.17, 15) is 0 Å². The average molecular weight is 194 g/mol. The van der Waals surface area contributed by atoms with Gasteiger partial charge in [0.1, 0.15) is 0 Å². The van der Waals surface area contributed by atoms with Crippen molar-refractivity contribution in [1.29, 1.82) is 0 Å². The van der Waals surface area contributed by atoms with E-state index < -0.39 is 0 Å². The molecule has 0 aliphatic carbocycles. The first-order valence-electron chi connectivity index (χ1n) is 4.33. The topological polar surface area (TPSA) is 9.23 Å². The van der Waals surface area contributed by atoms with E-state index in [2.05, 4.69) is 26.0 Å². The van der Waals surface area contributed by atoms with Gasteiger partial charge < -0.3 is 4.74 Å². The summed E-state index contributed by atoms with van der Waals surface area (Å²) in [5.74, 6) is 0.560. The SMILES string of the molecule is COC(=S)c1ccc(C(C)C)cc1. The highest BCUT2D eigenvalue weighted by Crippen LogP contribution is 2.15. The molecular weight excluding hydrogens is 180 g/mol. The first-order valence-corrected chi connectivity index (χ1v) is 4.74.